The summed E-state index contributed by atoms with van der Waals surface area (Å²) in [5.41, 5.74) is 0. The van der Waals surface area contributed by atoms with Crippen LogP contribution in [0.25, 0.3) is 0 Å². The Morgan fingerprint density at radius 1 is 0.800 bits per heavy atom. The van der Waals surface area contributed by atoms with Crippen molar-refractivity contribution in [1.82, 2.24) is 15.1 Å². The van der Waals surface area contributed by atoms with Crippen molar-refractivity contribution in [3.63, 3.8) is 0 Å². The molecule has 2 saturated carbocycles. The van der Waals surface area contributed by atoms with Crippen molar-refractivity contribution in [3.8, 4) is 0 Å². The minimum absolute atomic E-state index is 0. The van der Waals surface area contributed by atoms with Gasteiger partial charge in [-0.2, -0.15) is 0 Å². The maximum atomic E-state index is 12.4. The second-order valence-corrected chi connectivity index (χ2v) is 7.88. The predicted octanol–water partition coefficient (Wildman–Crippen LogP) is 2.44. The van der Waals surface area contributed by atoms with Gasteiger partial charge in [0.1, 0.15) is 0 Å². The zero-order chi connectivity index (χ0) is 16.8. The third-order valence-corrected chi connectivity index (χ3v) is 5.88. The molecular weight excluding hydrogens is 338 g/mol. The summed E-state index contributed by atoms with van der Waals surface area (Å²) in [6.07, 6.45) is 11.0. The smallest absolute Gasteiger partial charge is 0.236 e. The van der Waals surface area contributed by atoms with E-state index in [4.69, 9.17) is 0 Å². The van der Waals surface area contributed by atoms with E-state index >= 15 is 0 Å². The summed E-state index contributed by atoms with van der Waals surface area (Å²) in [6.45, 7) is 4.23. The van der Waals surface area contributed by atoms with Gasteiger partial charge in [-0.3, -0.25) is 9.59 Å². The lowest BCUT2D eigenvalue weighted by Gasteiger charge is -2.35. The Kier molecular flexibility index (Phi) is 8.50. The lowest BCUT2D eigenvalue weighted by molar-refractivity contribution is -0.139. The molecule has 6 heteroatoms. The second-order valence-electron chi connectivity index (χ2n) is 7.88. The highest BCUT2D eigenvalue weighted by atomic mass is 35.5. The van der Waals surface area contributed by atoms with Crippen molar-refractivity contribution in [2.24, 2.45) is 11.8 Å². The summed E-state index contributed by atoms with van der Waals surface area (Å²) < 4.78 is 0. The van der Waals surface area contributed by atoms with Gasteiger partial charge in [0.2, 0.25) is 11.8 Å². The molecule has 1 saturated heterocycles. The normalized spacial score (nSPS) is 21.8. The molecule has 3 aliphatic rings. The number of nitrogens with one attached hydrogen (secondary N) is 1. The second kappa shape index (κ2) is 10.4. The van der Waals surface area contributed by atoms with Crippen molar-refractivity contribution in [1.29, 1.82) is 0 Å². The third kappa shape index (κ3) is 6.78. The molecule has 1 aliphatic heterocycles. The number of carbonyl (C=O) groups is 2. The van der Waals surface area contributed by atoms with E-state index in [1.807, 2.05) is 9.80 Å². The lowest BCUT2D eigenvalue weighted by atomic mass is 9.86. The molecule has 0 atom stereocenters. The number of halogens is 1. The molecule has 0 bridgehead atoms. The molecule has 5 nitrogen and oxygen atoms in total. The standard InChI is InChI=1S/C19H33N3O2.ClH/c23-18(9-8-16-4-2-1-3-5-16)21-10-12-22(13-11-21)19(24)15-20-14-17-6-7-17;/h16-17,20H,1-15H2;1H. The van der Waals surface area contributed by atoms with Gasteiger partial charge in [-0.15, -0.1) is 12.4 Å². The Hall–Kier alpha value is -0.810. The molecule has 25 heavy (non-hydrogen) atoms. The maximum absolute atomic E-state index is 12.4. The highest BCUT2D eigenvalue weighted by Gasteiger charge is 2.25. The first-order chi connectivity index (χ1) is 11.7. The fourth-order valence-corrected chi connectivity index (χ4v) is 3.98. The quantitative estimate of drug-likeness (QED) is 0.747. The molecule has 2 amide bonds. The van der Waals surface area contributed by atoms with Crippen LogP contribution < -0.4 is 5.32 Å². The fraction of sp³-hybridized carbons (Fsp3) is 0.895. The zero-order valence-corrected chi connectivity index (χ0v) is 16.2. The van der Waals surface area contributed by atoms with Crippen molar-refractivity contribution in [2.45, 2.75) is 57.8 Å². The molecule has 1 N–H and O–H groups in total. The summed E-state index contributed by atoms with van der Waals surface area (Å²) in [4.78, 5) is 28.4. The molecule has 0 spiro atoms. The van der Waals surface area contributed by atoms with Crippen molar-refractivity contribution in [3.05, 3.63) is 0 Å². The van der Waals surface area contributed by atoms with Crippen molar-refractivity contribution >= 4 is 24.2 Å². The van der Waals surface area contributed by atoms with E-state index in [-0.39, 0.29) is 18.3 Å². The first-order valence-corrected chi connectivity index (χ1v) is 9.98. The van der Waals surface area contributed by atoms with Crippen LogP contribution in [0.5, 0.6) is 0 Å². The minimum Gasteiger partial charge on any atom is -0.339 e. The summed E-state index contributed by atoms with van der Waals surface area (Å²) >= 11 is 0. The van der Waals surface area contributed by atoms with E-state index in [1.54, 1.807) is 0 Å². The van der Waals surface area contributed by atoms with Crippen LogP contribution in [0.15, 0.2) is 0 Å². The van der Waals surface area contributed by atoms with E-state index in [0.717, 1.165) is 24.8 Å². The molecule has 144 valence electrons. The molecule has 3 rings (SSSR count). The van der Waals surface area contributed by atoms with Crippen LogP contribution in [0.4, 0.5) is 0 Å². The number of amides is 2. The van der Waals surface area contributed by atoms with Gasteiger partial charge in [-0.1, -0.05) is 32.1 Å². The van der Waals surface area contributed by atoms with E-state index < -0.39 is 0 Å². The zero-order valence-electron chi connectivity index (χ0n) is 15.4. The van der Waals surface area contributed by atoms with Gasteiger partial charge in [-0.05, 0) is 37.6 Å². The van der Waals surface area contributed by atoms with Crippen LogP contribution in [0.1, 0.15) is 57.8 Å². The van der Waals surface area contributed by atoms with Crippen LogP contribution >= 0.6 is 12.4 Å². The number of rotatable bonds is 7. The first-order valence-electron chi connectivity index (χ1n) is 9.98. The number of hydrogen-bond donors (Lipinski definition) is 1. The molecule has 0 aromatic heterocycles. The largest absolute Gasteiger partial charge is 0.339 e. The van der Waals surface area contributed by atoms with Gasteiger partial charge < -0.3 is 15.1 Å². The SMILES string of the molecule is Cl.O=C(CCC1CCCCC1)N1CCN(C(=O)CNCC2CC2)CC1. The van der Waals surface area contributed by atoms with Gasteiger partial charge in [0.25, 0.3) is 0 Å². The van der Waals surface area contributed by atoms with Crippen LogP contribution in [0.3, 0.4) is 0 Å². The topological polar surface area (TPSA) is 52.7 Å². The monoisotopic (exact) mass is 371 g/mol. The molecule has 0 aromatic carbocycles. The van der Waals surface area contributed by atoms with Crippen LogP contribution in [-0.2, 0) is 9.59 Å². The Balaban J connectivity index is 0.00000225. The van der Waals surface area contributed by atoms with E-state index in [1.165, 1.54) is 44.9 Å². The minimum atomic E-state index is 0. The maximum Gasteiger partial charge on any atom is 0.236 e. The molecule has 2 aliphatic carbocycles. The molecule has 0 unspecified atom stereocenters. The van der Waals surface area contributed by atoms with Crippen molar-refractivity contribution < 1.29 is 9.59 Å². The number of hydrogen-bond acceptors (Lipinski definition) is 3. The lowest BCUT2D eigenvalue weighted by Crippen LogP contribution is -2.52. The van der Waals surface area contributed by atoms with Gasteiger partial charge in [0.15, 0.2) is 0 Å². The summed E-state index contributed by atoms with van der Waals surface area (Å²) in [6, 6.07) is 0. The predicted molar refractivity (Wildman–Crippen MR) is 102 cm³/mol. The van der Waals surface area contributed by atoms with Gasteiger partial charge in [-0.25, -0.2) is 0 Å². The molecule has 0 radical (unpaired) electrons. The van der Waals surface area contributed by atoms with E-state index in [2.05, 4.69) is 5.32 Å². The Labute approximate surface area is 158 Å². The number of nitrogens with zero attached hydrogens (tertiary/aromatic N) is 2. The fourth-order valence-electron chi connectivity index (χ4n) is 3.98. The van der Waals surface area contributed by atoms with E-state index in [9.17, 15) is 9.59 Å². The van der Waals surface area contributed by atoms with E-state index in [0.29, 0.717) is 45.1 Å². The first kappa shape index (κ1) is 20.5. The summed E-state index contributed by atoms with van der Waals surface area (Å²) in [5, 5.41) is 3.26. The van der Waals surface area contributed by atoms with Crippen LogP contribution in [-0.4, -0.2) is 60.9 Å². The highest BCUT2D eigenvalue weighted by molar-refractivity contribution is 5.85. The molecule has 1 heterocycles. The van der Waals surface area contributed by atoms with Crippen LogP contribution in [0.2, 0.25) is 0 Å². The molecule has 3 fully saturated rings. The highest BCUT2D eigenvalue weighted by Crippen LogP contribution is 2.28. The van der Waals surface area contributed by atoms with Crippen molar-refractivity contribution in [2.75, 3.05) is 39.3 Å². The number of piperazine rings is 1. The molecule has 0 aromatic rings. The Morgan fingerprint density at radius 2 is 1.40 bits per heavy atom. The third-order valence-electron chi connectivity index (χ3n) is 5.88. The Morgan fingerprint density at radius 3 is 2.00 bits per heavy atom. The number of carbonyl (C=O) groups excluding carboxylic acids is 2. The average molecular weight is 372 g/mol. The summed E-state index contributed by atoms with van der Waals surface area (Å²) in [7, 11) is 0. The van der Waals surface area contributed by atoms with Gasteiger partial charge >= 0.3 is 0 Å². The van der Waals surface area contributed by atoms with Gasteiger partial charge in [0, 0.05) is 32.6 Å². The average Bonchev–Trinajstić information content (AvgIpc) is 3.45. The van der Waals surface area contributed by atoms with Crippen LogP contribution in [0, 0.1) is 11.8 Å². The molecular formula is C19H34ClN3O2. The summed E-state index contributed by atoms with van der Waals surface area (Å²) in [5.74, 6) is 2.05. The van der Waals surface area contributed by atoms with Gasteiger partial charge in [0.05, 0.1) is 6.54 Å². The Bertz CT molecular complexity index is 428.